The van der Waals surface area contributed by atoms with Gasteiger partial charge in [0.2, 0.25) is 0 Å². The third kappa shape index (κ3) is 3.03. The molecule has 1 unspecified atom stereocenters. The molecule has 120 valence electrons. The van der Waals surface area contributed by atoms with Gasteiger partial charge in [-0.25, -0.2) is 0 Å². The molecule has 0 aromatic heterocycles. The lowest BCUT2D eigenvalue weighted by atomic mass is 9.55. The Hall–Kier alpha value is -0.830. The quantitative estimate of drug-likeness (QED) is 0.632. The number of hydrogen-bond acceptors (Lipinski definition) is 3. The zero-order valence-corrected chi connectivity index (χ0v) is 14.0. The molecule has 0 amide bonds. The van der Waals surface area contributed by atoms with Crippen LogP contribution in [0.15, 0.2) is 11.1 Å². The van der Waals surface area contributed by atoms with E-state index < -0.39 is 0 Å². The summed E-state index contributed by atoms with van der Waals surface area (Å²) in [7, 11) is 0. The van der Waals surface area contributed by atoms with Crippen LogP contribution in [0.2, 0.25) is 0 Å². The van der Waals surface area contributed by atoms with Gasteiger partial charge in [-0.15, -0.1) is 0 Å². The maximum absolute atomic E-state index is 11.2. The highest BCUT2D eigenvalue weighted by Gasteiger charge is 2.45. The number of aliphatic hydroxyl groups is 1. The van der Waals surface area contributed by atoms with Crippen molar-refractivity contribution >= 4 is 5.97 Å². The molecule has 0 fully saturated rings. The van der Waals surface area contributed by atoms with E-state index in [1.165, 1.54) is 18.9 Å². The van der Waals surface area contributed by atoms with Crippen molar-refractivity contribution in [3.05, 3.63) is 11.1 Å². The average Bonchev–Trinajstić information content (AvgIpc) is 2.42. The molecule has 0 radical (unpaired) electrons. The second-order valence-electron chi connectivity index (χ2n) is 7.48. The molecule has 0 saturated heterocycles. The van der Waals surface area contributed by atoms with E-state index >= 15 is 0 Å². The number of carbonyl (C=O) groups excluding carboxylic acids is 1. The Morgan fingerprint density at radius 3 is 2.67 bits per heavy atom. The maximum Gasteiger partial charge on any atom is 0.302 e. The smallest absolute Gasteiger partial charge is 0.302 e. The molecular weight excluding hydrogens is 264 g/mol. The van der Waals surface area contributed by atoms with Crippen molar-refractivity contribution in [2.75, 3.05) is 13.2 Å². The van der Waals surface area contributed by atoms with Crippen LogP contribution in [-0.2, 0) is 9.53 Å². The molecule has 0 heterocycles. The van der Waals surface area contributed by atoms with Gasteiger partial charge in [-0.3, -0.25) is 4.79 Å². The van der Waals surface area contributed by atoms with Gasteiger partial charge in [-0.1, -0.05) is 31.9 Å². The first-order valence-corrected chi connectivity index (χ1v) is 8.31. The van der Waals surface area contributed by atoms with Gasteiger partial charge in [-0.2, -0.15) is 0 Å². The van der Waals surface area contributed by atoms with E-state index in [1.54, 1.807) is 5.57 Å². The molecule has 0 bridgehead atoms. The molecule has 0 aliphatic heterocycles. The topological polar surface area (TPSA) is 46.5 Å². The maximum atomic E-state index is 11.2. The fourth-order valence-corrected chi connectivity index (χ4v) is 4.43. The van der Waals surface area contributed by atoms with E-state index in [9.17, 15) is 9.90 Å². The molecule has 3 nitrogen and oxygen atoms in total. The van der Waals surface area contributed by atoms with Crippen LogP contribution in [0.5, 0.6) is 0 Å². The molecule has 2 aliphatic carbocycles. The Morgan fingerprint density at radius 1 is 1.33 bits per heavy atom. The van der Waals surface area contributed by atoms with Crippen LogP contribution in [-0.4, -0.2) is 24.3 Å². The standard InChI is InChI=1S/C18H30O3/c1-13-7-8-15-16(18(13,4)10-11-19)6-5-9-17(15,3)12-21-14(2)20/h13,19H,5-12H2,1-4H3/t13?,17-,18+/m1/s1. The molecule has 0 aromatic carbocycles. The highest BCUT2D eigenvalue weighted by atomic mass is 16.5. The highest BCUT2D eigenvalue weighted by molar-refractivity contribution is 5.66. The summed E-state index contributed by atoms with van der Waals surface area (Å²) in [6, 6.07) is 0. The summed E-state index contributed by atoms with van der Waals surface area (Å²) in [5, 5.41) is 9.51. The number of carbonyl (C=O) groups is 1. The van der Waals surface area contributed by atoms with Crippen molar-refractivity contribution in [2.24, 2.45) is 16.7 Å². The van der Waals surface area contributed by atoms with Gasteiger partial charge in [0.25, 0.3) is 0 Å². The van der Waals surface area contributed by atoms with Crippen LogP contribution >= 0.6 is 0 Å². The minimum Gasteiger partial charge on any atom is -0.465 e. The van der Waals surface area contributed by atoms with Gasteiger partial charge in [0, 0.05) is 18.9 Å². The van der Waals surface area contributed by atoms with Crippen LogP contribution in [0.4, 0.5) is 0 Å². The molecule has 21 heavy (non-hydrogen) atoms. The molecule has 0 spiro atoms. The van der Waals surface area contributed by atoms with Gasteiger partial charge in [0.15, 0.2) is 0 Å². The van der Waals surface area contributed by atoms with E-state index in [0.717, 1.165) is 32.1 Å². The largest absolute Gasteiger partial charge is 0.465 e. The number of allylic oxidation sites excluding steroid dienone is 1. The van der Waals surface area contributed by atoms with Gasteiger partial charge in [0.1, 0.15) is 6.61 Å². The third-order valence-corrected chi connectivity index (χ3v) is 6.08. The van der Waals surface area contributed by atoms with E-state index in [-0.39, 0.29) is 23.4 Å². The summed E-state index contributed by atoms with van der Waals surface area (Å²) in [6.07, 6.45) is 6.54. The predicted octanol–water partition coefficient (Wildman–Crippen LogP) is 3.85. The van der Waals surface area contributed by atoms with E-state index in [0.29, 0.717) is 12.5 Å². The molecule has 0 saturated carbocycles. The number of hydrogen-bond donors (Lipinski definition) is 1. The van der Waals surface area contributed by atoms with Crippen molar-refractivity contribution in [3.63, 3.8) is 0 Å². The first-order valence-electron chi connectivity index (χ1n) is 8.31. The molecule has 0 aromatic rings. The SMILES string of the molecule is CC(=O)OC[C@@]1(C)CCCC2=C1CCC(C)[C@]2(C)CCO. The van der Waals surface area contributed by atoms with Gasteiger partial charge in [-0.05, 0) is 49.9 Å². The van der Waals surface area contributed by atoms with Crippen LogP contribution in [0, 0.1) is 16.7 Å². The van der Waals surface area contributed by atoms with Crippen molar-refractivity contribution in [2.45, 2.75) is 66.2 Å². The normalized spacial score (nSPS) is 36.3. The van der Waals surface area contributed by atoms with Gasteiger partial charge in [0.05, 0.1) is 0 Å². The minimum absolute atomic E-state index is 0.00386. The van der Waals surface area contributed by atoms with Gasteiger partial charge < -0.3 is 9.84 Å². The Morgan fingerprint density at radius 2 is 2.05 bits per heavy atom. The van der Waals surface area contributed by atoms with Gasteiger partial charge >= 0.3 is 5.97 Å². The molecule has 3 heteroatoms. The highest BCUT2D eigenvalue weighted by Crippen LogP contribution is 2.56. The molecule has 1 N–H and O–H groups in total. The fraction of sp³-hybridized carbons (Fsp3) is 0.833. The zero-order chi connectivity index (χ0) is 15.7. The summed E-state index contributed by atoms with van der Waals surface area (Å²) in [4.78, 5) is 11.2. The lowest BCUT2D eigenvalue weighted by molar-refractivity contribution is -0.143. The van der Waals surface area contributed by atoms with Crippen LogP contribution < -0.4 is 0 Å². The second kappa shape index (κ2) is 6.12. The molecule has 3 atom stereocenters. The minimum atomic E-state index is -0.189. The van der Waals surface area contributed by atoms with Crippen molar-refractivity contribution in [1.82, 2.24) is 0 Å². The fourth-order valence-electron chi connectivity index (χ4n) is 4.43. The van der Waals surface area contributed by atoms with Crippen molar-refractivity contribution in [1.29, 1.82) is 0 Å². The molecule has 2 rings (SSSR count). The van der Waals surface area contributed by atoms with Crippen LogP contribution in [0.3, 0.4) is 0 Å². The summed E-state index contributed by atoms with van der Waals surface area (Å²) >= 11 is 0. The van der Waals surface area contributed by atoms with E-state index in [4.69, 9.17) is 4.74 Å². The van der Waals surface area contributed by atoms with Crippen molar-refractivity contribution in [3.8, 4) is 0 Å². The first-order chi connectivity index (χ1) is 9.83. The second-order valence-corrected chi connectivity index (χ2v) is 7.48. The predicted molar refractivity (Wildman–Crippen MR) is 83.8 cm³/mol. The van der Waals surface area contributed by atoms with Crippen LogP contribution in [0.1, 0.15) is 66.2 Å². The average molecular weight is 294 g/mol. The Balaban J connectivity index is 2.36. The summed E-state index contributed by atoms with van der Waals surface area (Å²) in [6.45, 7) is 9.13. The van der Waals surface area contributed by atoms with Crippen LogP contribution in [0.25, 0.3) is 0 Å². The summed E-state index contributed by atoms with van der Waals surface area (Å²) < 4.78 is 5.37. The number of esters is 1. The summed E-state index contributed by atoms with van der Waals surface area (Å²) in [5.41, 5.74) is 3.18. The first kappa shape index (κ1) is 16.5. The Kier molecular flexibility index (Phi) is 4.82. The third-order valence-electron chi connectivity index (χ3n) is 6.08. The van der Waals surface area contributed by atoms with Crippen molar-refractivity contribution < 1.29 is 14.6 Å². The Labute approximate surface area is 128 Å². The lowest BCUT2D eigenvalue weighted by Gasteiger charge is -2.50. The number of aliphatic hydroxyl groups excluding tert-OH is 1. The Bertz CT molecular complexity index is 440. The lowest BCUT2D eigenvalue weighted by Crippen LogP contribution is -2.40. The summed E-state index contributed by atoms with van der Waals surface area (Å²) in [5.74, 6) is 0.422. The van der Waals surface area contributed by atoms with E-state index in [2.05, 4.69) is 20.8 Å². The molecular formula is C18H30O3. The monoisotopic (exact) mass is 294 g/mol. The number of rotatable bonds is 4. The zero-order valence-electron chi connectivity index (χ0n) is 14.0. The molecule has 2 aliphatic rings. The van der Waals surface area contributed by atoms with E-state index in [1.807, 2.05) is 0 Å². The number of ether oxygens (including phenoxy) is 1.